The van der Waals surface area contributed by atoms with Gasteiger partial charge in [0.2, 0.25) is 0 Å². The third-order valence-corrected chi connectivity index (χ3v) is 1.95. The Labute approximate surface area is 68.7 Å². The maximum absolute atomic E-state index is 4.02. The van der Waals surface area contributed by atoms with E-state index in [1.807, 2.05) is 19.4 Å². The number of rotatable bonds is 2. The van der Waals surface area contributed by atoms with Crippen LogP contribution in [0.2, 0.25) is 0 Å². The monoisotopic (exact) mass is 200 g/mol. The molecular formula is C7H9BrN2. The Morgan fingerprint density at radius 2 is 2.60 bits per heavy atom. The summed E-state index contributed by atoms with van der Waals surface area (Å²) in [6, 6.07) is 0. The molecule has 0 amide bonds. The summed E-state index contributed by atoms with van der Waals surface area (Å²) in [5.74, 6) is 0. The second-order valence-corrected chi connectivity index (χ2v) is 2.70. The Balaban J connectivity index is 2.85. The lowest BCUT2D eigenvalue weighted by molar-refractivity contribution is 0.767. The highest BCUT2D eigenvalue weighted by molar-refractivity contribution is 9.09. The largest absolute Gasteiger partial charge is 0.275 e. The number of halogens is 1. The first kappa shape index (κ1) is 7.54. The van der Waals surface area contributed by atoms with Crippen LogP contribution in [0.4, 0.5) is 0 Å². The lowest BCUT2D eigenvalue weighted by Crippen LogP contribution is -1.84. The minimum atomic E-state index is 0.804. The Morgan fingerprint density at radius 3 is 3.00 bits per heavy atom. The molecule has 2 nitrogen and oxygen atoms in total. The molecule has 0 bridgehead atoms. The third kappa shape index (κ3) is 1.48. The van der Waals surface area contributed by atoms with Crippen LogP contribution in [-0.4, -0.2) is 15.1 Å². The van der Waals surface area contributed by atoms with Gasteiger partial charge < -0.3 is 0 Å². The van der Waals surface area contributed by atoms with Crippen molar-refractivity contribution in [3.8, 4) is 0 Å². The van der Waals surface area contributed by atoms with Crippen LogP contribution in [0.3, 0.4) is 0 Å². The SMILES string of the molecule is C=C(CBr)c1cnn(C)c1. The van der Waals surface area contributed by atoms with Crippen molar-refractivity contribution in [3.63, 3.8) is 0 Å². The van der Waals surface area contributed by atoms with Gasteiger partial charge in [0.05, 0.1) is 6.20 Å². The summed E-state index contributed by atoms with van der Waals surface area (Å²) < 4.78 is 1.77. The molecule has 1 aromatic heterocycles. The quantitative estimate of drug-likeness (QED) is 0.667. The van der Waals surface area contributed by atoms with Gasteiger partial charge in [-0.05, 0) is 5.57 Å². The van der Waals surface area contributed by atoms with E-state index in [0.717, 1.165) is 16.5 Å². The third-order valence-electron chi connectivity index (χ3n) is 1.27. The van der Waals surface area contributed by atoms with E-state index in [0.29, 0.717) is 0 Å². The molecule has 0 aliphatic rings. The zero-order chi connectivity index (χ0) is 7.56. The maximum Gasteiger partial charge on any atom is 0.0565 e. The highest BCUT2D eigenvalue weighted by atomic mass is 79.9. The van der Waals surface area contributed by atoms with Gasteiger partial charge in [0.1, 0.15) is 0 Å². The van der Waals surface area contributed by atoms with Crippen molar-refractivity contribution >= 4 is 21.5 Å². The fourth-order valence-electron chi connectivity index (χ4n) is 0.681. The van der Waals surface area contributed by atoms with Crippen LogP contribution in [-0.2, 0) is 7.05 Å². The molecule has 0 radical (unpaired) electrons. The average molecular weight is 201 g/mol. The molecular weight excluding hydrogens is 192 g/mol. The van der Waals surface area contributed by atoms with Gasteiger partial charge in [0.15, 0.2) is 0 Å². The minimum Gasteiger partial charge on any atom is -0.275 e. The number of aromatic nitrogens is 2. The number of aryl methyl sites for hydroxylation is 1. The maximum atomic E-state index is 4.02. The molecule has 1 heterocycles. The first-order valence-electron chi connectivity index (χ1n) is 2.97. The minimum absolute atomic E-state index is 0.804. The fourth-order valence-corrected chi connectivity index (χ4v) is 1.00. The second-order valence-electron chi connectivity index (χ2n) is 2.14. The zero-order valence-corrected chi connectivity index (χ0v) is 7.43. The van der Waals surface area contributed by atoms with E-state index in [9.17, 15) is 0 Å². The summed E-state index contributed by atoms with van der Waals surface area (Å²) in [6.45, 7) is 3.86. The summed E-state index contributed by atoms with van der Waals surface area (Å²) in [6.07, 6.45) is 3.76. The van der Waals surface area contributed by atoms with Crippen molar-refractivity contribution in [1.29, 1.82) is 0 Å². The molecule has 0 unspecified atom stereocenters. The summed E-state index contributed by atoms with van der Waals surface area (Å²) in [5, 5.41) is 4.82. The number of nitrogens with zero attached hydrogens (tertiary/aromatic N) is 2. The van der Waals surface area contributed by atoms with E-state index in [1.165, 1.54) is 0 Å². The lowest BCUT2D eigenvalue weighted by atomic mass is 10.2. The molecule has 0 atom stereocenters. The average Bonchev–Trinajstić information content (AvgIpc) is 2.34. The van der Waals surface area contributed by atoms with Gasteiger partial charge in [-0.15, -0.1) is 0 Å². The van der Waals surface area contributed by atoms with E-state index >= 15 is 0 Å². The Hall–Kier alpha value is -0.570. The van der Waals surface area contributed by atoms with E-state index in [1.54, 1.807) is 4.68 Å². The first-order chi connectivity index (χ1) is 4.74. The molecule has 0 aliphatic carbocycles. The van der Waals surface area contributed by atoms with Crippen molar-refractivity contribution in [2.75, 3.05) is 5.33 Å². The summed E-state index contributed by atoms with van der Waals surface area (Å²) in [4.78, 5) is 0. The van der Waals surface area contributed by atoms with E-state index in [4.69, 9.17) is 0 Å². The topological polar surface area (TPSA) is 17.8 Å². The highest BCUT2D eigenvalue weighted by Gasteiger charge is 1.97. The molecule has 0 saturated carbocycles. The molecule has 10 heavy (non-hydrogen) atoms. The van der Waals surface area contributed by atoms with Crippen LogP contribution in [0.25, 0.3) is 5.57 Å². The number of allylic oxidation sites excluding steroid dienone is 1. The number of hydrogen-bond acceptors (Lipinski definition) is 1. The Bertz CT molecular complexity index is 240. The lowest BCUT2D eigenvalue weighted by Gasteiger charge is -1.92. The van der Waals surface area contributed by atoms with Crippen molar-refractivity contribution in [2.24, 2.45) is 7.05 Å². The molecule has 0 fully saturated rings. The van der Waals surface area contributed by atoms with E-state index in [2.05, 4.69) is 27.6 Å². The molecule has 3 heteroatoms. The van der Waals surface area contributed by atoms with Gasteiger partial charge >= 0.3 is 0 Å². The predicted molar refractivity (Wildman–Crippen MR) is 46.0 cm³/mol. The fraction of sp³-hybridized carbons (Fsp3) is 0.286. The normalized spacial score (nSPS) is 9.80. The zero-order valence-electron chi connectivity index (χ0n) is 5.84. The molecule has 0 N–H and O–H groups in total. The van der Waals surface area contributed by atoms with Crippen LogP contribution < -0.4 is 0 Å². The van der Waals surface area contributed by atoms with Crippen LogP contribution in [0, 0.1) is 0 Å². The Morgan fingerprint density at radius 1 is 1.90 bits per heavy atom. The van der Waals surface area contributed by atoms with Gasteiger partial charge in [0.25, 0.3) is 0 Å². The van der Waals surface area contributed by atoms with E-state index in [-0.39, 0.29) is 0 Å². The molecule has 54 valence electrons. The highest BCUT2D eigenvalue weighted by Crippen LogP contribution is 2.12. The van der Waals surface area contributed by atoms with Crippen molar-refractivity contribution in [3.05, 3.63) is 24.5 Å². The van der Waals surface area contributed by atoms with Crippen LogP contribution in [0.15, 0.2) is 19.0 Å². The first-order valence-corrected chi connectivity index (χ1v) is 4.09. The second kappa shape index (κ2) is 3.01. The summed E-state index contributed by atoms with van der Waals surface area (Å²) in [7, 11) is 1.89. The van der Waals surface area contributed by atoms with Gasteiger partial charge in [-0.3, -0.25) is 4.68 Å². The molecule has 1 aromatic rings. The van der Waals surface area contributed by atoms with Crippen LogP contribution >= 0.6 is 15.9 Å². The van der Waals surface area contributed by atoms with E-state index < -0.39 is 0 Å². The Kier molecular flexibility index (Phi) is 2.27. The number of alkyl halides is 1. The van der Waals surface area contributed by atoms with Crippen molar-refractivity contribution < 1.29 is 0 Å². The standard InChI is InChI=1S/C7H9BrN2/c1-6(3-8)7-4-9-10(2)5-7/h4-5H,1,3H2,2H3. The molecule has 0 saturated heterocycles. The van der Waals surface area contributed by atoms with Gasteiger partial charge in [-0.25, -0.2) is 0 Å². The van der Waals surface area contributed by atoms with Gasteiger partial charge in [-0.1, -0.05) is 22.5 Å². The van der Waals surface area contributed by atoms with Crippen molar-refractivity contribution in [2.45, 2.75) is 0 Å². The van der Waals surface area contributed by atoms with Gasteiger partial charge in [0, 0.05) is 24.1 Å². The predicted octanol–water partition coefficient (Wildman–Crippen LogP) is 1.83. The van der Waals surface area contributed by atoms with Crippen molar-refractivity contribution in [1.82, 2.24) is 9.78 Å². The molecule has 0 aromatic carbocycles. The van der Waals surface area contributed by atoms with Crippen LogP contribution in [0.5, 0.6) is 0 Å². The smallest absolute Gasteiger partial charge is 0.0565 e. The number of hydrogen-bond donors (Lipinski definition) is 0. The molecule has 1 rings (SSSR count). The van der Waals surface area contributed by atoms with Crippen LogP contribution in [0.1, 0.15) is 5.56 Å². The molecule has 0 spiro atoms. The molecule has 0 aliphatic heterocycles. The summed E-state index contributed by atoms with van der Waals surface area (Å²) in [5.41, 5.74) is 2.16. The summed E-state index contributed by atoms with van der Waals surface area (Å²) >= 11 is 3.32. The van der Waals surface area contributed by atoms with Gasteiger partial charge in [-0.2, -0.15) is 5.10 Å².